The second kappa shape index (κ2) is 9.73. The van der Waals surface area contributed by atoms with Crippen molar-refractivity contribution in [3.63, 3.8) is 0 Å². The third-order valence-corrected chi connectivity index (χ3v) is 3.84. The lowest BCUT2D eigenvalue weighted by molar-refractivity contribution is -0.139. The highest BCUT2D eigenvalue weighted by Crippen LogP contribution is 2.15. The van der Waals surface area contributed by atoms with Gasteiger partial charge in [-0.15, -0.1) is 0 Å². The lowest BCUT2D eigenvalue weighted by Gasteiger charge is -2.18. The van der Waals surface area contributed by atoms with Crippen LogP contribution in [-0.4, -0.2) is 41.6 Å². The zero-order valence-corrected chi connectivity index (χ0v) is 15.8. The molecular weight excluding hydrogens is 346 g/mol. The molecule has 0 fully saturated rings. The van der Waals surface area contributed by atoms with Crippen LogP contribution in [0.15, 0.2) is 48.5 Å². The average Bonchev–Trinajstić information content (AvgIpc) is 2.65. The molecule has 0 atom stereocenters. The largest absolute Gasteiger partial charge is 0.482 e. The van der Waals surface area contributed by atoms with Gasteiger partial charge < -0.3 is 19.5 Å². The monoisotopic (exact) mass is 371 g/mol. The topological polar surface area (TPSA) is 76.1 Å². The first-order valence-electron chi connectivity index (χ1n) is 8.74. The van der Waals surface area contributed by atoms with Gasteiger partial charge in [0.05, 0.1) is 12.7 Å². The predicted octanol–water partition coefficient (Wildman–Crippen LogP) is 3.35. The van der Waals surface area contributed by atoms with E-state index in [1.807, 2.05) is 38.1 Å². The first kappa shape index (κ1) is 20.5. The van der Waals surface area contributed by atoms with Crippen LogP contribution in [0.4, 0.5) is 0 Å². The van der Waals surface area contributed by atoms with Crippen molar-refractivity contribution in [2.45, 2.75) is 33.1 Å². The summed E-state index contributed by atoms with van der Waals surface area (Å²) in [4.78, 5) is 24.7. The number of hydrogen-bond donors (Lipinski definition) is 1. The summed E-state index contributed by atoms with van der Waals surface area (Å²) in [5.41, 5.74) is 2.57. The molecule has 2 aromatic carbocycles. The minimum atomic E-state index is -1.02. The summed E-state index contributed by atoms with van der Waals surface area (Å²) in [5.74, 6) is -0.613. The van der Waals surface area contributed by atoms with E-state index in [0.29, 0.717) is 24.5 Å². The lowest BCUT2D eigenvalue weighted by atomic mass is 10.1. The maximum absolute atomic E-state index is 12.6. The van der Waals surface area contributed by atoms with E-state index in [-0.39, 0.29) is 18.6 Å². The Morgan fingerprint density at radius 3 is 2.15 bits per heavy atom. The van der Waals surface area contributed by atoms with Crippen LogP contribution in [-0.2, 0) is 22.7 Å². The molecule has 0 aliphatic heterocycles. The Morgan fingerprint density at radius 2 is 1.59 bits per heavy atom. The zero-order chi connectivity index (χ0) is 19.8. The molecule has 6 nitrogen and oxygen atoms in total. The summed E-state index contributed by atoms with van der Waals surface area (Å²) >= 11 is 0. The van der Waals surface area contributed by atoms with E-state index in [9.17, 15) is 9.59 Å². The molecule has 1 amide bonds. The fraction of sp³-hybridized carbons (Fsp3) is 0.333. The van der Waals surface area contributed by atoms with Gasteiger partial charge >= 0.3 is 5.97 Å². The highest BCUT2D eigenvalue weighted by Gasteiger charge is 2.12. The third-order valence-electron chi connectivity index (χ3n) is 3.84. The number of amides is 1. The summed E-state index contributed by atoms with van der Waals surface area (Å²) in [6, 6.07) is 14.4. The van der Waals surface area contributed by atoms with E-state index in [4.69, 9.17) is 14.6 Å². The van der Waals surface area contributed by atoms with Crippen LogP contribution in [0.5, 0.6) is 5.75 Å². The molecule has 144 valence electrons. The van der Waals surface area contributed by atoms with Gasteiger partial charge in [-0.3, -0.25) is 4.79 Å². The summed E-state index contributed by atoms with van der Waals surface area (Å²) in [6.07, 6.45) is 0.165. The van der Waals surface area contributed by atoms with Crippen molar-refractivity contribution in [2.75, 3.05) is 13.7 Å². The van der Waals surface area contributed by atoms with Crippen LogP contribution in [0.1, 0.15) is 35.3 Å². The predicted molar refractivity (Wildman–Crippen MR) is 102 cm³/mol. The maximum Gasteiger partial charge on any atom is 0.341 e. The zero-order valence-electron chi connectivity index (χ0n) is 15.8. The summed E-state index contributed by atoms with van der Waals surface area (Å²) < 4.78 is 10.7. The summed E-state index contributed by atoms with van der Waals surface area (Å²) in [5, 5.41) is 8.61. The van der Waals surface area contributed by atoms with Crippen molar-refractivity contribution >= 4 is 11.9 Å². The Hall–Kier alpha value is -2.86. The standard InChI is InChI=1S/C21H25NO5/c1-15(2)26-13-17-4-8-18(9-5-17)21(25)22(3)12-16-6-10-19(11-7-16)27-14-20(23)24/h4-11,15H,12-14H2,1-3H3,(H,23,24). The first-order valence-corrected chi connectivity index (χ1v) is 8.74. The number of ether oxygens (including phenoxy) is 2. The highest BCUT2D eigenvalue weighted by atomic mass is 16.5. The van der Waals surface area contributed by atoms with Crippen LogP contribution in [0, 0.1) is 0 Å². The molecular formula is C21H25NO5. The molecule has 2 rings (SSSR count). The normalized spacial score (nSPS) is 10.7. The molecule has 0 aliphatic carbocycles. The first-order chi connectivity index (χ1) is 12.8. The summed E-state index contributed by atoms with van der Waals surface area (Å²) in [7, 11) is 1.74. The van der Waals surface area contributed by atoms with Gasteiger partial charge in [0.1, 0.15) is 5.75 Å². The van der Waals surface area contributed by atoms with Gasteiger partial charge in [-0.05, 0) is 49.2 Å². The maximum atomic E-state index is 12.6. The van der Waals surface area contributed by atoms with Crippen LogP contribution in [0.2, 0.25) is 0 Å². The minimum absolute atomic E-state index is 0.0717. The van der Waals surface area contributed by atoms with Gasteiger partial charge in [-0.25, -0.2) is 4.79 Å². The Morgan fingerprint density at radius 1 is 1.00 bits per heavy atom. The number of carboxylic acids is 1. The molecule has 0 heterocycles. The van der Waals surface area contributed by atoms with Crippen LogP contribution in [0.25, 0.3) is 0 Å². The molecule has 0 spiro atoms. The molecule has 0 bridgehead atoms. The van der Waals surface area contributed by atoms with E-state index >= 15 is 0 Å². The van der Waals surface area contributed by atoms with Crippen LogP contribution in [0.3, 0.4) is 0 Å². The SMILES string of the molecule is CC(C)OCc1ccc(C(=O)N(C)Cc2ccc(OCC(=O)O)cc2)cc1. The number of aliphatic carboxylic acids is 1. The quantitative estimate of drug-likeness (QED) is 0.732. The van der Waals surface area contributed by atoms with E-state index in [1.165, 1.54) is 0 Å². The fourth-order valence-electron chi connectivity index (χ4n) is 2.41. The van der Waals surface area contributed by atoms with Gasteiger partial charge in [0.15, 0.2) is 6.61 Å². The van der Waals surface area contributed by atoms with E-state index in [1.54, 1.807) is 36.2 Å². The smallest absolute Gasteiger partial charge is 0.341 e. The van der Waals surface area contributed by atoms with Crippen molar-refractivity contribution in [2.24, 2.45) is 0 Å². The molecule has 0 saturated heterocycles. The van der Waals surface area contributed by atoms with Crippen molar-refractivity contribution in [3.8, 4) is 5.75 Å². The number of carboxylic acid groups (broad SMARTS) is 1. The van der Waals surface area contributed by atoms with Crippen molar-refractivity contribution in [3.05, 3.63) is 65.2 Å². The Labute approximate surface area is 159 Å². The number of carbonyl (C=O) groups excluding carboxylic acids is 1. The van der Waals surface area contributed by atoms with Crippen molar-refractivity contribution in [1.82, 2.24) is 4.90 Å². The van der Waals surface area contributed by atoms with Crippen LogP contribution < -0.4 is 4.74 Å². The van der Waals surface area contributed by atoms with E-state index in [0.717, 1.165) is 11.1 Å². The second-order valence-electron chi connectivity index (χ2n) is 6.54. The van der Waals surface area contributed by atoms with E-state index < -0.39 is 5.97 Å². The molecule has 0 aliphatic rings. The number of carbonyl (C=O) groups is 2. The molecule has 27 heavy (non-hydrogen) atoms. The molecule has 1 N–H and O–H groups in total. The van der Waals surface area contributed by atoms with Gasteiger partial charge in [-0.2, -0.15) is 0 Å². The highest BCUT2D eigenvalue weighted by molar-refractivity contribution is 5.94. The second-order valence-corrected chi connectivity index (χ2v) is 6.54. The number of rotatable bonds is 9. The third kappa shape index (κ3) is 6.75. The van der Waals surface area contributed by atoms with Gasteiger partial charge in [0.25, 0.3) is 5.91 Å². The molecule has 2 aromatic rings. The number of nitrogens with zero attached hydrogens (tertiary/aromatic N) is 1. The van der Waals surface area contributed by atoms with Gasteiger partial charge in [0, 0.05) is 19.2 Å². The lowest BCUT2D eigenvalue weighted by Crippen LogP contribution is -2.26. The van der Waals surface area contributed by atoms with Gasteiger partial charge in [0.2, 0.25) is 0 Å². The fourth-order valence-corrected chi connectivity index (χ4v) is 2.41. The molecule has 6 heteroatoms. The average molecular weight is 371 g/mol. The molecule has 0 aromatic heterocycles. The Balaban J connectivity index is 1.91. The minimum Gasteiger partial charge on any atom is -0.482 e. The van der Waals surface area contributed by atoms with E-state index in [2.05, 4.69) is 0 Å². The van der Waals surface area contributed by atoms with Crippen LogP contribution >= 0.6 is 0 Å². The van der Waals surface area contributed by atoms with Crippen molar-refractivity contribution < 1.29 is 24.2 Å². The number of hydrogen-bond acceptors (Lipinski definition) is 4. The molecule has 0 unspecified atom stereocenters. The Kier molecular flexibility index (Phi) is 7.37. The Bertz CT molecular complexity index is 753. The van der Waals surface area contributed by atoms with Gasteiger partial charge in [-0.1, -0.05) is 24.3 Å². The molecule has 0 radical (unpaired) electrons. The summed E-state index contributed by atoms with van der Waals surface area (Å²) in [6.45, 7) is 4.56. The molecule has 0 saturated carbocycles. The number of benzene rings is 2. The van der Waals surface area contributed by atoms with Crippen molar-refractivity contribution in [1.29, 1.82) is 0 Å².